The van der Waals surface area contributed by atoms with E-state index in [1.54, 1.807) is 12.1 Å². The summed E-state index contributed by atoms with van der Waals surface area (Å²) in [7, 11) is 0. The Balaban J connectivity index is 1.98. The summed E-state index contributed by atoms with van der Waals surface area (Å²) in [5.74, 6) is 0.919. The van der Waals surface area contributed by atoms with Gasteiger partial charge in [-0.05, 0) is 29.8 Å². The van der Waals surface area contributed by atoms with Crippen LogP contribution >= 0.6 is 0 Å². The molecule has 0 spiro atoms. The Morgan fingerprint density at radius 2 is 1.79 bits per heavy atom. The molecule has 3 heteroatoms. The summed E-state index contributed by atoms with van der Waals surface area (Å²) in [6.07, 6.45) is 0. The maximum Gasteiger partial charge on any atom is 0.130 e. The predicted molar refractivity (Wildman–Crippen MR) is 74.9 cm³/mol. The lowest BCUT2D eigenvalue weighted by Gasteiger charge is -2.09. The zero-order valence-corrected chi connectivity index (χ0v) is 11.2. The molecule has 0 aliphatic rings. The number of hydrogen-bond donors (Lipinski definition) is 1. The topological polar surface area (TPSA) is 21.3 Å². The third-order valence-corrected chi connectivity index (χ3v) is 2.67. The van der Waals surface area contributed by atoms with Gasteiger partial charge in [0.05, 0.1) is 0 Å². The summed E-state index contributed by atoms with van der Waals surface area (Å²) in [5.41, 5.74) is 1.19. The van der Waals surface area contributed by atoms with Gasteiger partial charge in [0.15, 0.2) is 0 Å². The first-order chi connectivity index (χ1) is 9.13. The van der Waals surface area contributed by atoms with E-state index in [2.05, 4.69) is 19.2 Å². The van der Waals surface area contributed by atoms with Gasteiger partial charge in [-0.15, -0.1) is 0 Å². The van der Waals surface area contributed by atoms with Gasteiger partial charge >= 0.3 is 0 Å². The highest BCUT2D eigenvalue weighted by molar-refractivity contribution is 5.33. The molecule has 0 aliphatic carbocycles. The van der Waals surface area contributed by atoms with Crippen molar-refractivity contribution < 1.29 is 9.13 Å². The van der Waals surface area contributed by atoms with Gasteiger partial charge in [0.25, 0.3) is 0 Å². The molecule has 0 aromatic heterocycles. The SMILES string of the molecule is CC(C)NCc1ccc(Oc2cccc(F)c2)cc1. The highest BCUT2D eigenvalue weighted by Gasteiger charge is 2.00. The minimum atomic E-state index is -0.296. The monoisotopic (exact) mass is 259 g/mol. The van der Waals surface area contributed by atoms with Crippen LogP contribution in [0.4, 0.5) is 4.39 Å². The average molecular weight is 259 g/mol. The standard InChI is InChI=1S/C16H18FNO/c1-12(2)18-11-13-6-8-15(9-7-13)19-16-5-3-4-14(17)10-16/h3-10,12,18H,11H2,1-2H3. The summed E-state index contributed by atoms with van der Waals surface area (Å²) in [6.45, 7) is 5.06. The van der Waals surface area contributed by atoms with E-state index < -0.39 is 0 Å². The molecule has 0 saturated carbocycles. The third-order valence-electron chi connectivity index (χ3n) is 2.67. The fraction of sp³-hybridized carbons (Fsp3) is 0.250. The van der Waals surface area contributed by atoms with E-state index in [0.29, 0.717) is 17.5 Å². The molecule has 0 aliphatic heterocycles. The normalized spacial score (nSPS) is 10.7. The van der Waals surface area contributed by atoms with Crippen molar-refractivity contribution in [2.75, 3.05) is 0 Å². The Hall–Kier alpha value is -1.87. The van der Waals surface area contributed by atoms with Crippen molar-refractivity contribution in [3.05, 3.63) is 59.9 Å². The van der Waals surface area contributed by atoms with Gasteiger partial charge in [0.2, 0.25) is 0 Å². The van der Waals surface area contributed by atoms with E-state index in [1.165, 1.54) is 17.7 Å². The fourth-order valence-corrected chi connectivity index (χ4v) is 1.66. The van der Waals surface area contributed by atoms with E-state index in [0.717, 1.165) is 6.54 Å². The predicted octanol–water partition coefficient (Wildman–Crippen LogP) is 4.12. The smallest absolute Gasteiger partial charge is 0.130 e. The van der Waals surface area contributed by atoms with Crippen LogP contribution in [-0.2, 0) is 6.54 Å². The van der Waals surface area contributed by atoms with E-state index in [4.69, 9.17) is 4.74 Å². The molecule has 19 heavy (non-hydrogen) atoms. The second-order valence-corrected chi connectivity index (χ2v) is 4.74. The molecule has 0 unspecified atom stereocenters. The van der Waals surface area contributed by atoms with Crippen molar-refractivity contribution in [1.29, 1.82) is 0 Å². The first-order valence-electron chi connectivity index (χ1n) is 6.39. The van der Waals surface area contributed by atoms with Gasteiger partial charge in [-0.2, -0.15) is 0 Å². The molecule has 0 bridgehead atoms. The van der Waals surface area contributed by atoms with Crippen LogP contribution in [0.3, 0.4) is 0 Å². The second-order valence-electron chi connectivity index (χ2n) is 4.74. The van der Waals surface area contributed by atoms with E-state index in [9.17, 15) is 4.39 Å². The molecule has 2 aromatic carbocycles. The second kappa shape index (κ2) is 6.34. The molecule has 2 rings (SSSR count). The van der Waals surface area contributed by atoms with Crippen molar-refractivity contribution >= 4 is 0 Å². The number of halogens is 1. The maximum atomic E-state index is 13.0. The zero-order valence-electron chi connectivity index (χ0n) is 11.2. The number of benzene rings is 2. The Kier molecular flexibility index (Phi) is 4.53. The minimum Gasteiger partial charge on any atom is -0.457 e. The van der Waals surface area contributed by atoms with Crippen LogP contribution in [0.1, 0.15) is 19.4 Å². The molecule has 2 aromatic rings. The van der Waals surface area contributed by atoms with Gasteiger partial charge in [-0.1, -0.05) is 32.0 Å². The average Bonchev–Trinajstić information content (AvgIpc) is 2.38. The van der Waals surface area contributed by atoms with Crippen LogP contribution < -0.4 is 10.1 Å². The number of rotatable bonds is 5. The molecule has 0 radical (unpaired) electrons. The summed E-state index contributed by atoms with van der Waals surface area (Å²) in [4.78, 5) is 0. The quantitative estimate of drug-likeness (QED) is 0.872. The minimum absolute atomic E-state index is 0.296. The van der Waals surface area contributed by atoms with Crippen LogP contribution in [0.2, 0.25) is 0 Å². The Bertz CT molecular complexity index is 523. The highest BCUT2D eigenvalue weighted by Crippen LogP contribution is 2.22. The molecule has 0 atom stereocenters. The van der Waals surface area contributed by atoms with Crippen molar-refractivity contribution in [3.8, 4) is 11.5 Å². The summed E-state index contributed by atoms with van der Waals surface area (Å²) >= 11 is 0. The molecule has 2 nitrogen and oxygen atoms in total. The third kappa shape index (κ3) is 4.38. The molecule has 0 heterocycles. The van der Waals surface area contributed by atoms with Crippen molar-refractivity contribution in [3.63, 3.8) is 0 Å². The van der Waals surface area contributed by atoms with Gasteiger partial charge in [-0.3, -0.25) is 0 Å². The Morgan fingerprint density at radius 1 is 1.05 bits per heavy atom. The Labute approximate surface area is 113 Å². The highest BCUT2D eigenvalue weighted by atomic mass is 19.1. The molecule has 0 amide bonds. The van der Waals surface area contributed by atoms with Crippen LogP contribution in [0.5, 0.6) is 11.5 Å². The summed E-state index contributed by atoms with van der Waals surface area (Å²) < 4.78 is 18.6. The molecule has 0 fully saturated rings. The van der Waals surface area contributed by atoms with Gasteiger partial charge in [-0.25, -0.2) is 4.39 Å². The number of hydrogen-bond acceptors (Lipinski definition) is 2. The summed E-state index contributed by atoms with van der Waals surface area (Å²) in [6, 6.07) is 14.4. The van der Waals surface area contributed by atoms with Gasteiger partial charge < -0.3 is 10.1 Å². The Morgan fingerprint density at radius 3 is 2.42 bits per heavy atom. The van der Waals surface area contributed by atoms with E-state index >= 15 is 0 Å². The lowest BCUT2D eigenvalue weighted by atomic mass is 10.2. The van der Waals surface area contributed by atoms with Crippen molar-refractivity contribution in [1.82, 2.24) is 5.32 Å². The van der Waals surface area contributed by atoms with Crippen LogP contribution in [-0.4, -0.2) is 6.04 Å². The van der Waals surface area contributed by atoms with Crippen LogP contribution in [0.25, 0.3) is 0 Å². The number of ether oxygens (including phenoxy) is 1. The van der Waals surface area contributed by atoms with Gasteiger partial charge in [0.1, 0.15) is 17.3 Å². The summed E-state index contributed by atoms with van der Waals surface area (Å²) in [5, 5.41) is 3.35. The first-order valence-corrected chi connectivity index (χ1v) is 6.39. The first kappa shape index (κ1) is 13.6. The molecular weight excluding hydrogens is 241 g/mol. The number of nitrogens with one attached hydrogen (secondary N) is 1. The molecule has 1 N–H and O–H groups in total. The molecular formula is C16H18FNO. The van der Waals surface area contributed by atoms with E-state index in [-0.39, 0.29) is 5.82 Å². The van der Waals surface area contributed by atoms with Crippen LogP contribution in [0.15, 0.2) is 48.5 Å². The van der Waals surface area contributed by atoms with Gasteiger partial charge in [0, 0.05) is 18.7 Å². The fourth-order valence-electron chi connectivity index (χ4n) is 1.66. The van der Waals surface area contributed by atoms with Crippen LogP contribution in [0, 0.1) is 5.82 Å². The zero-order chi connectivity index (χ0) is 13.7. The lowest BCUT2D eigenvalue weighted by Crippen LogP contribution is -2.21. The van der Waals surface area contributed by atoms with Crippen molar-refractivity contribution in [2.45, 2.75) is 26.4 Å². The maximum absolute atomic E-state index is 13.0. The van der Waals surface area contributed by atoms with E-state index in [1.807, 2.05) is 24.3 Å². The van der Waals surface area contributed by atoms with Crippen molar-refractivity contribution in [2.24, 2.45) is 0 Å². The lowest BCUT2D eigenvalue weighted by molar-refractivity contribution is 0.476. The largest absolute Gasteiger partial charge is 0.457 e. The molecule has 100 valence electrons. The molecule has 0 saturated heterocycles.